The molecule has 0 amide bonds. The number of likely N-dealkylation sites (N-methyl/N-ethyl adjacent to an activating group) is 1. The van der Waals surface area contributed by atoms with Crippen LogP contribution in [0.4, 0.5) is 0 Å². The molecule has 1 saturated carbocycles. The van der Waals surface area contributed by atoms with E-state index >= 15 is 0 Å². The van der Waals surface area contributed by atoms with Crippen molar-refractivity contribution in [1.82, 2.24) is 9.80 Å². The Bertz CT molecular complexity index is 266. The molecule has 1 fully saturated rings. The summed E-state index contributed by atoms with van der Waals surface area (Å²) >= 11 is 0. The van der Waals surface area contributed by atoms with Crippen LogP contribution in [-0.4, -0.2) is 54.0 Å². The molecular weight excluding hydrogens is 200 g/mol. The quantitative estimate of drug-likeness (QED) is 0.754. The monoisotopic (exact) mass is 224 g/mol. The Morgan fingerprint density at radius 2 is 2.06 bits per heavy atom. The molecule has 1 aliphatic carbocycles. The molecular formula is C12H24N4. The maximum absolute atomic E-state index is 5.99. The van der Waals surface area contributed by atoms with Crippen molar-refractivity contribution in [2.24, 2.45) is 10.7 Å². The summed E-state index contributed by atoms with van der Waals surface area (Å²) in [5.74, 6) is 0.770. The first kappa shape index (κ1) is 11.7. The average molecular weight is 224 g/mol. The molecule has 2 aliphatic rings. The first-order valence-electron chi connectivity index (χ1n) is 6.52. The fraction of sp³-hybridized carbons (Fsp3) is 0.917. The van der Waals surface area contributed by atoms with Crippen LogP contribution in [0, 0.1) is 0 Å². The zero-order valence-electron chi connectivity index (χ0n) is 10.6. The molecule has 4 nitrogen and oxygen atoms in total. The minimum absolute atomic E-state index is 0.317. The van der Waals surface area contributed by atoms with Gasteiger partial charge in [0.2, 0.25) is 0 Å². The lowest BCUT2D eigenvalue weighted by Gasteiger charge is -2.46. The van der Waals surface area contributed by atoms with E-state index < -0.39 is 0 Å². The summed E-state index contributed by atoms with van der Waals surface area (Å²) in [5, 5.41) is 0. The number of hydrogen-bond donors (Lipinski definition) is 1. The average Bonchev–Trinajstić information content (AvgIpc) is 2.57. The second-order valence-corrected chi connectivity index (χ2v) is 4.93. The van der Waals surface area contributed by atoms with E-state index in [1.807, 2.05) is 0 Å². The van der Waals surface area contributed by atoms with Gasteiger partial charge in [-0.3, -0.25) is 4.99 Å². The van der Waals surface area contributed by atoms with E-state index in [0.29, 0.717) is 5.54 Å². The van der Waals surface area contributed by atoms with Gasteiger partial charge in [0.1, 0.15) is 0 Å². The van der Waals surface area contributed by atoms with Crippen LogP contribution in [0.2, 0.25) is 0 Å². The molecule has 0 unspecified atom stereocenters. The van der Waals surface area contributed by atoms with Crippen LogP contribution in [0.25, 0.3) is 0 Å². The fourth-order valence-corrected chi connectivity index (χ4v) is 2.79. The molecule has 16 heavy (non-hydrogen) atoms. The predicted octanol–water partition coefficient (Wildman–Crippen LogP) is 0.881. The van der Waals surface area contributed by atoms with E-state index in [9.17, 15) is 0 Å². The second kappa shape index (κ2) is 4.62. The summed E-state index contributed by atoms with van der Waals surface area (Å²) in [6, 6.07) is 0. The van der Waals surface area contributed by atoms with Gasteiger partial charge < -0.3 is 15.5 Å². The SMILES string of the molecule is CCN(CC)CCN1C(N)=NCC12CCC2. The lowest BCUT2D eigenvalue weighted by molar-refractivity contribution is 0.0913. The molecule has 0 aromatic carbocycles. The smallest absolute Gasteiger partial charge is 0.191 e. The molecule has 0 atom stereocenters. The Hall–Kier alpha value is -0.770. The van der Waals surface area contributed by atoms with Crippen LogP contribution in [0.5, 0.6) is 0 Å². The van der Waals surface area contributed by atoms with Gasteiger partial charge >= 0.3 is 0 Å². The molecule has 1 aliphatic heterocycles. The lowest BCUT2D eigenvalue weighted by Crippen LogP contribution is -2.57. The van der Waals surface area contributed by atoms with Gasteiger partial charge in [-0.25, -0.2) is 0 Å². The van der Waals surface area contributed by atoms with Crippen molar-refractivity contribution in [2.45, 2.75) is 38.6 Å². The molecule has 1 spiro atoms. The third-order valence-electron chi connectivity index (χ3n) is 4.20. The zero-order chi connectivity index (χ0) is 11.6. The Balaban J connectivity index is 1.89. The molecule has 92 valence electrons. The molecule has 0 aromatic rings. The highest BCUT2D eigenvalue weighted by Gasteiger charge is 2.46. The van der Waals surface area contributed by atoms with Crippen molar-refractivity contribution in [2.75, 3.05) is 32.7 Å². The summed E-state index contributed by atoms with van der Waals surface area (Å²) in [6.07, 6.45) is 3.88. The van der Waals surface area contributed by atoms with E-state index in [4.69, 9.17) is 5.73 Å². The van der Waals surface area contributed by atoms with Crippen LogP contribution in [-0.2, 0) is 0 Å². The minimum atomic E-state index is 0.317. The molecule has 2 rings (SSSR count). The number of hydrogen-bond acceptors (Lipinski definition) is 4. The van der Waals surface area contributed by atoms with E-state index in [0.717, 1.165) is 38.7 Å². The molecule has 1 heterocycles. The molecule has 0 aromatic heterocycles. The third-order valence-corrected chi connectivity index (χ3v) is 4.20. The standard InChI is InChI=1S/C12H24N4/c1-3-15(4-2)8-9-16-11(13)14-10-12(16)6-5-7-12/h3-10H2,1-2H3,(H2,13,14). The van der Waals surface area contributed by atoms with E-state index in [1.54, 1.807) is 0 Å². The Morgan fingerprint density at radius 1 is 1.38 bits per heavy atom. The minimum Gasteiger partial charge on any atom is -0.370 e. The number of guanidine groups is 1. The highest BCUT2D eigenvalue weighted by molar-refractivity contribution is 5.81. The van der Waals surface area contributed by atoms with Crippen LogP contribution in [0.1, 0.15) is 33.1 Å². The Morgan fingerprint density at radius 3 is 2.56 bits per heavy atom. The fourth-order valence-electron chi connectivity index (χ4n) is 2.79. The van der Waals surface area contributed by atoms with E-state index in [-0.39, 0.29) is 0 Å². The van der Waals surface area contributed by atoms with Gasteiger partial charge in [-0.1, -0.05) is 13.8 Å². The third kappa shape index (κ3) is 1.90. The number of rotatable bonds is 5. The molecule has 4 heteroatoms. The highest BCUT2D eigenvalue weighted by atomic mass is 15.4. The molecule has 0 radical (unpaired) electrons. The highest BCUT2D eigenvalue weighted by Crippen LogP contribution is 2.40. The van der Waals surface area contributed by atoms with Crippen LogP contribution in [0.3, 0.4) is 0 Å². The van der Waals surface area contributed by atoms with Crippen molar-refractivity contribution in [3.8, 4) is 0 Å². The Kier molecular flexibility index (Phi) is 3.38. The number of aliphatic imine (C=N–C) groups is 1. The molecule has 0 saturated heterocycles. The number of nitrogens with zero attached hydrogens (tertiary/aromatic N) is 3. The number of nitrogens with two attached hydrogens (primary N) is 1. The van der Waals surface area contributed by atoms with E-state index in [1.165, 1.54) is 19.3 Å². The van der Waals surface area contributed by atoms with Crippen LogP contribution >= 0.6 is 0 Å². The van der Waals surface area contributed by atoms with Gasteiger partial charge in [0.25, 0.3) is 0 Å². The van der Waals surface area contributed by atoms with Gasteiger partial charge in [-0.15, -0.1) is 0 Å². The maximum Gasteiger partial charge on any atom is 0.191 e. The van der Waals surface area contributed by atoms with Crippen molar-refractivity contribution < 1.29 is 0 Å². The Labute approximate surface area is 98.5 Å². The topological polar surface area (TPSA) is 44.9 Å². The first-order chi connectivity index (χ1) is 7.72. The summed E-state index contributed by atoms with van der Waals surface area (Å²) in [5.41, 5.74) is 6.31. The summed E-state index contributed by atoms with van der Waals surface area (Å²) < 4.78 is 0. The summed E-state index contributed by atoms with van der Waals surface area (Å²) in [7, 11) is 0. The van der Waals surface area contributed by atoms with Gasteiger partial charge in [0.15, 0.2) is 5.96 Å². The maximum atomic E-state index is 5.99. The normalized spacial score (nSPS) is 22.7. The largest absolute Gasteiger partial charge is 0.370 e. The van der Waals surface area contributed by atoms with Gasteiger partial charge in [-0.2, -0.15) is 0 Å². The van der Waals surface area contributed by atoms with Crippen molar-refractivity contribution in [1.29, 1.82) is 0 Å². The molecule has 0 bridgehead atoms. The predicted molar refractivity (Wildman–Crippen MR) is 67.6 cm³/mol. The van der Waals surface area contributed by atoms with E-state index in [2.05, 4.69) is 28.6 Å². The van der Waals surface area contributed by atoms with Gasteiger partial charge in [-0.05, 0) is 32.4 Å². The van der Waals surface area contributed by atoms with Gasteiger partial charge in [0.05, 0.1) is 12.1 Å². The van der Waals surface area contributed by atoms with Crippen LogP contribution < -0.4 is 5.73 Å². The van der Waals surface area contributed by atoms with Gasteiger partial charge in [0, 0.05) is 13.1 Å². The lowest BCUT2D eigenvalue weighted by atomic mass is 9.76. The van der Waals surface area contributed by atoms with Crippen molar-refractivity contribution in [3.05, 3.63) is 0 Å². The van der Waals surface area contributed by atoms with Crippen molar-refractivity contribution >= 4 is 5.96 Å². The summed E-state index contributed by atoms with van der Waals surface area (Å²) in [4.78, 5) is 9.22. The van der Waals surface area contributed by atoms with Crippen molar-refractivity contribution in [3.63, 3.8) is 0 Å². The summed E-state index contributed by atoms with van der Waals surface area (Å²) in [6.45, 7) is 9.73. The second-order valence-electron chi connectivity index (χ2n) is 4.93. The van der Waals surface area contributed by atoms with Crippen LogP contribution in [0.15, 0.2) is 4.99 Å². The zero-order valence-corrected chi connectivity index (χ0v) is 10.6. The first-order valence-corrected chi connectivity index (χ1v) is 6.52. The molecule has 2 N–H and O–H groups in total.